The summed E-state index contributed by atoms with van der Waals surface area (Å²) in [6.07, 6.45) is 7.48. The van der Waals surface area contributed by atoms with Crippen molar-refractivity contribution in [3.8, 4) is 0 Å². The van der Waals surface area contributed by atoms with Gasteiger partial charge in [0.25, 0.3) is 5.56 Å². The van der Waals surface area contributed by atoms with Crippen LogP contribution in [0.2, 0.25) is 0 Å². The zero-order chi connectivity index (χ0) is 17.5. The molecule has 3 aliphatic rings. The molecule has 7 heteroatoms. The van der Waals surface area contributed by atoms with Crippen molar-refractivity contribution in [2.75, 3.05) is 13.2 Å². The Morgan fingerprint density at radius 3 is 3.15 bits per heavy atom. The van der Waals surface area contributed by atoms with Crippen molar-refractivity contribution >= 4 is 0 Å². The van der Waals surface area contributed by atoms with Crippen LogP contribution in [0.4, 0.5) is 0 Å². The number of fused-ring (bicyclic) bond motifs is 2. The van der Waals surface area contributed by atoms with E-state index < -0.39 is 0 Å². The number of aryl methyl sites for hydroxylation is 1. The van der Waals surface area contributed by atoms with Crippen molar-refractivity contribution in [3.05, 3.63) is 45.1 Å². The lowest BCUT2D eigenvalue weighted by molar-refractivity contribution is 0.107. The molecule has 26 heavy (non-hydrogen) atoms. The largest absolute Gasteiger partial charge is 0.376 e. The van der Waals surface area contributed by atoms with Gasteiger partial charge < -0.3 is 4.74 Å². The fraction of sp³-hybridized carbons (Fsp3) is 0.632. The smallest absolute Gasteiger partial charge is 0.267 e. The molecule has 138 valence electrons. The van der Waals surface area contributed by atoms with Crippen molar-refractivity contribution in [1.29, 1.82) is 0 Å². The van der Waals surface area contributed by atoms with Crippen LogP contribution in [0.25, 0.3) is 0 Å². The van der Waals surface area contributed by atoms with Gasteiger partial charge in [-0.25, -0.2) is 4.68 Å². The monoisotopic (exact) mass is 355 g/mol. The molecule has 3 aliphatic heterocycles. The number of hydrogen-bond donors (Lipinski definition) is 0. The molecule has 1 fully saturated rings. The highest BCUT2D eigenvalue weighted by molar-refractivity contribution is 5.21. The number of likely N-dealkylation sites (tertiary alicyclic amines) is 1. The zero-order valence-electron chi connectivity index (χ0n) is 15.1. The maximum absolute atomic E-state index is 12.5. The summed E-state index contributed by atoms with van der Waals surface area (Å²) < 4.78 is 9.26. The Labute approximate surface area is 152 Å². The Bertz CT molecular complexity index is 871. The van der Waals surface area contributed by atoms with E-state index >= 15 is 0 Å². The summed E-state index contributed by atoms with van der Waals surface area (Å²) in [5.41, 5.74) is 4.73. The second-order valence-electron chi connectivity index (χ2n) is 7.65. The van der Waals surface area contributed by atoms with Crippen LogP contribution in [0.5, 0.6) is 0 Å². The third-order valence-electron chi connectivity index (χ3n) is 5.98. The summed E-state index contributed by atoms with van der Waals surface area (Å²) >= 11 is 0. The molecule has 1 atom stereocenters. The molecule has 7 nitrogen and oxygen atoms in total. The summed E-state index contributed by atoms with van der Waals surface area (Å²) in [5, 5.41) is 9.17. The maximum Gasteiger partial charge on any atom is 0.267 e. The number of aromatic nitrogens is 4. The number of hydrogen-bond acceptors (Lipinski definition) is 5. The van der Waals surface area contributed by atoms with Gasteiger partial charge in [0, 0.05) is 48.4 Å². The molecule has 0 spiro atoms. The molecule has 0 N–H and O–H groups in total. The summed E-state index contributed by atoms with van der Waals surface area (Å²) in [7, 11) is 0. The molecule has 0 saturated carbocycles. The molecule has 5 rings (SSSR count). The van der Waals surface area contributed by atoms with Gasteiger partial charge in [0.2, 0.25) is 0 Å². The average Bonchev–Trinajstić information content (AvgIpc) is 3.35. The van der Waals surface area contributed by atoms with Gasteiger partial charge in [-0.15, -0.1) is 0 Å². The summed E-state index contributed by atoms with van der Waals surface area (Å²) in [4.78, 5) is 15.0. The Morgan fingerprint density at radius 1 is 1.23 bits per heavy atom. The van der Waals surface area contributed by atoms with Crippen molar-refractivity contribution < 1.29 is 4.74 Å². The topological polar surface area (TPSA) is 65.2 Å². The molecular weight excluding hydrogens is 330 g/mol. The Kier molecular flexibility index (Phi) is 4.13. The van der Waals surface area contributed by atoms with E-state index in [4.69, 9.17) is 4.74 Å². The lowest BCUT2D eigenvalue weighted by atomic mass is 10.1. The number of nitrogens with zero attached hydrogens (tertiary/aromatic N) is 5. The Balaban J connectivity index is 1.34. The second-order valence-corrected chi connectivity index (χ2v) is 7.65. The van der Waals surface area contributed by atoms with E-state index in [9.17, 15) is 4.79 Å². The molecule has 0 radical (unpaired) electrons. The average molecular weight is 355 g/mol. The van der Waals surface area contributed by atoms with Crippen LogP contribution in [0.15, 0.2) is 17.1 Å². The fourth-order valence-corrected chi connectivity index (χ4v) is 4.57. The first-order chi connectivity index (χ1) is 12.8. The lowest BCUT2D eigenvalue weighted by Gasteiger charge is -2.25. The van der Waals surface area contributed by atoms with Crippen molar-refractivity contribution in [3.63, 3.8) is 0 Å². The van der Waals surface area contributed by atoms with Gasteiger partial charge in [-0.05, 0) is 32.2 Å². The lowest BCUT2D eigenvalue weighted by Crippen LogP contribution is -2.37. The second kappa shape index (κ2) is 6.63. The van der Waals surface area contributed by atoms with Crippen molar-refractivity contribution in [2.24, 2.45) is 0 Å². The first kappa shape index (κ1) is 16.2. The fourth-order valence-electron chi connectivity index (χ4n) is 4.57. The summed E-state index contributed by atoms with van der Waals surface area (Å²) in [6.45, 7) is 4.96. The highest BCUT2D eigenvalue weighted by atomic mass is 16.5. The first-order valence-corrected chi connectivity index (χ1v) is 9.73. The Hall–Kier alpha value is -1.99. The van der Waals surface area contributed by atoms with Crippen LogP contribution in [0, 0.1) is 0 Å². The van der Waals surface area contributed by atoms with E-state index in [0.717, 1.165) is 50.2 Å². The van der Waals surface area contributed by atoms with E-state index in [1.807, 2.05) is 6.20 Å². The molecule has 0 aliphatic carbocycles. The molecule has 0 amide bonds. The van der Waals surface area contributed by atoms with E-state index in [1.54, 1.807) is 10.7 Å². The van der Waals surface area contributed by atoms with Gasteiger partial charge in [-0.3, -0.25) is 14.4 Å². The maximum atomic E-state index is 12.5. The highest BCUT2D eigenvalue weighted by Gasteiger charge is 2.28. The minimum absolute atomic E-state index is 0.00692. The minimum atomic E-state index is -0.00692. The summed E-state index contributed by atoms with van der Waals surface area (Å²) in [5.74, 6) is 0. The highest BCUT2D eigenvalue weighted by Crippen LogP contribution is 2.25. The molecule has 0 bridgehead atoms. The SMILES string of the molecule is O=c1cc2c(nn1CC1CCCN1Cc1cnn3c1CCC3)CCOC2. The van der Waals surface area contributed by atoms with E-state index in [2.05, 4.69) is 19.8 Å². The predicted octanol–water partition coefficient (Wildman–Crippen LogP) is 1.12. The molecule has 2 aromatic rings. The van der Waals surface area contributed by atoms with E-state index in [-0.39, 0.29) is 5.56 Å². The van der Waals surface area contributed by atoms with Gasteiger partial charge in [0.1, 0.15) is 0 Å². The van der Waals surface area contributed by atoms with Gasteiger partial charge in [-0.1, -0.05) is 0 Å². The van der Waals surface area contributed by atoms with Gasteiger partial charge >= 0.3 is 0 Å². The first-order valence-electron chi connectivity index (χ1n) is 9.73. The molecular formula is C19H25N5O2. The van der Waals surface area contributed by atoms with Crippen molar-refractivity contribution in [2.45, 2.75) is 64.4 Å². The minimum Gasteiger partial charge on any atom is -0.376 e. The predicted molar refractivity (Wildman–Crippen MR) is 95.8 cm³/mol. The van der Waals surface area contributed by atoms with E-state index in [1.165, 1.54) is 24.1 Å². The van der Waals surface area contributed by atoms with Crippen LogP contribution in [0.3, 0.4) is 0 Å². The van der Waals surface area contributed by atoms with Crippen LogP contribution < -0.4 is 5.56 Å². The standard InChI is InChI=1S/C19H25N5O2/c25-19-9-14-13-26-8-5-17(14)21-24(19)12-16-3-1-6-22(16)11-15-10-20-23-7-2-4-18(15)23/h9-10,16H,1-8,11-13H2. The quantitative estimate of drug-likeness (QED) is 0.822. The van der Waals surface area contributed by atoms with Crippen molar-refractivity contribution in [1.82, 2.24) is 24.5 Å². The van der Waals surface area contributed by atoms with Crippen LogP contribution in [-0.4, -0.2) is 43.7 Å². The van der Waals surface area contributed by atoms with Gasteiger partial charge in [0.05, 0.1) is 31.6 Å². The molecule has 5 heterocycles. The molecule has 1 saturated heterocycles. The normalized spacial score (nSPS) is 22.5. The van der Waals surface area contributed by atoms with Crippen LogP contribution in [0.1, 0.15) is 41.8 Å². The van der Waals surface area contributed by atoms with Gasteiger partial charge in [0.15, 0.2) is 0 Å². The number of rotatable bonds is 4. The molecule has 2 aromatic heterocycles. The third kappa shape index (κ3) is 2.89. The van der Waals surface area contributed by atoms with Crippen LogP contribution in [-0.2, 0) is 43.8 Å². The third-order valence-corrected chi connectivity index (χ3v) is 5.98. The van der Waals surface area contributed by atoms with Gasteiger partial charge in [-0.2, -0.15) is 10.2 Å². The van der Waals surface area contributed by atoms with E-state index in [0.29, 0.717) is 25.8 Å². The molecule has 0 aromatic carbocycles. The van der Waals surface area contributed by atoms with Crippen LogP contribution >= 0.6 is 0 Å². The summed E-state index contributed by atoms with van der Waals surface area (Å²) in [6, 6.07) is 2.08. The Morgan fingerprint density at radius 2 is 2.19 bits per heavy atom. The zero-order valence-corrected chi connectivity index (χ0v) is 15.1. The molecule has 1 unspecified atom stereocenters. The number of ether oxygens (including phenoxy) is 1.